The highest BCUT2D eigenvalue weighted by molar-refractivity contribution is 7.92. The molecular formula is C23H23N3O4S. The lowest BCUT2D eigenvalue weighted by molar-refractivity contribution is -0.119. The molecule has 0 aromatic heterocycles. The number of anilines is 1. The van der Waals surface area contributed by atoms with Crippen molar-refractivity contribution in [3.8, 4) is 5.75 Å². The van der Waals surface area contributed by atoms with Crippen LogP contribution in [0.1, 0.15) is 11.1 Å². The van der Waals surface area contributed by atoms with E-state index < -0.39 is 22.5 Å². The zero-order valence-electron chi connectivity index (χ0n) is 17.2. The zero-order chi connectivity index (χ0) is 22.3. The summed E-state index contributed by atoms with van der Waals surface area (Å²) in [6.45, 7) is 1.43. The summed E-state index contributed by atoms with van der Waals surface area (Å²) in [5, 5.41) is 3.94. The first kappa shape index (κ1) is 22.0. The van der Waals surface area contributed by atoms with Crippen molar-refractivity contribution >= 4 is 27.8 Å². The lowest BCUT2D eigenvalue weighted by atomic mass is 10.2. The number of hydrogen-bond acceptors (Lipinski definition) is 5. The summed E-state index contributed by atoms with van der Waals surface area (Å²) in [4.78, 5) is 12.7. The van der Waals surface area contributed by atoms with Crippen LogP contribution < -0.4 is 14.5 Å². The molecule has 31 heavy (non-hydrogen) atoms. The second kappa shape index (κ2) is 9.90. The van der Waals surface area contributed by atoms with Gasteiger partial charge in [0.2, 0.25) is 0 Å². The standard InChI is InChI=1S/C23H23N3O4S/c1-18-9-8-11-20(15-18)26(31(28,29)21-12-4-3-5-13-21)17-23(27)25-24-16-19-10-6-7-14-22(19)30-2/h3-16H,17H2,1-2H3,(H,25,27)/b24-16-. The molecular weight excluding hydrogens is 414 g/mol. The molecule has 7 nitrogen and oxygen atoms in total. The van der Waals surface area contributed by atoms with E-state index in [2.05, 4.69) is 10.5 Å². The van der Waals surface area contributed by atoms with Crippen LogP contribution in [0.4, 0.5) is 5.69 Å². The molecule has 160 valence electrons. The van der Waals surface area contributed by atoms with Crippen molar-refractivity contribution in [2.45, 2.75) is 11.8 Å². The topological polar surface area (TPSA) is 88.1 Å². The predicted molar refractivity (Wildman–Crippen MR) is 121 cm³/mol. The molecule has 3 aromatic carbocycles. The number of amides is 1. The maximum Gasteiger partial charge on any atom is 0.264 e. The Bertz CT molecular complexity index is 1180. The van der Waals surface area contributed by atoms with Gasteiger partial charge in [-0.2, -0.15) is 5.10 Å². The number of carbonyl (C=O) groups excluding carboxylic acids is 1. The first-order valence-corrected chi connectivity index (χ1v) is 10.9. The van der Waals surface area contributed by atoms with Crippen LogP contribution in [0, 0.1) is 6.92 Å². The van der Waals surface area contributed by atoms with Crippen LogP contribution in [0.5, 0.6) is 5.75 Å². The summed E-state index contributed by atoms with van der Waals surface area (Å²) in [5.41, 5.74) is 4.34. The molecule has 0 spiro atoms. The van der Waals surface area contributed by atoms with Gasteiger partial charge >= 0.3 is 0 Å². The summed E-state index contributed by atoms with van der Waals surface area (Å²) < 4.78 is 32.8. The number of methoxy groups -OCH3 is 1. The molecule has 0 heterocycles. The van der Waals surface area contributed by atoms with Crippen molar-refractivity contribution in [3.63, 3.8) is 0 Å². The SMILES string of the molecule is COc1ccccc1/C=N\NC(=O)CN(c1cccc(C)c1)S(=O)(=O)c1ccccc1. The number of nitrogens with zero attached hydrogens (tertiary/aromatic N) is 2. The Kier molecular flexibility index (Phi) is 7.04. The van der Waals surface area contributed by atoms with E-state index in [0.29, 0.717) is 17.0 Å². The van der Waals surface area contributed by atoms with Gasteiger partial charge in [-0.3, -0.25) is 9.10 Å². The number of nitrogens with one attached hydrogen (secondary N) is 1. The van der Waals surface area contributed by atoms with Crippen molar-refractivity contribution < 1.29 is 17.9 Å². The molecule has 8 heteroatoms. The second-order valence-corrected chi connectivity index (χ2v) is 8.56. The lowest BCUT2D eigenvalue weighted by Crippen LogP contribution is -2.39. The maximum atomic E-state index is 13.2. The van der Waals surface area contributed by atoms with Crippen LogP contribution in [0.3, 0.4) is 0 Å². The van der Waals surface area contributed by atoms with Gasteiger partial charge in [0, 0.05) is 5.56 Å². The number of hydrogen-bond donors (Lipinski definition) is 1. The quantitative estimate of drug-likeness (QED) is 0.432. The Morgan fingerprint density at radius 3 is 2.45 bits per heavy atom. The summed E-state index contributed by atoms with van der Waals surface area (Å²) >= 11 is 0. The van der Waals surface area contributed by atoms with Gasteiger partial charge in [-0.05, 0) is 48.9 Å². The first-order chi connectivity index (χ1) is 14.9. The molecule has 0 aliphatic carbocycles. The fraction of sp³-hybridized carbons (Fsp3) is 0.130. The molecule has 3 aromatic rings. The fourth-order valence-corrected chi connectivity index (χ4v) is 4.36. The van der Waals surface area contributed by atoms with E-state index in [1.165, 1.54) is 18.3 Å². The second-order valence-electron chi connectivity index (χ2n) is 6.70. The van der Waals surface area contributed by atoms with Crippen LogP contribution in [0.2, 0.25) is 0 Å². The highest BCUT2D eigenvalue weighted by atomic mass is 32.2. The minimum atomic E-state index is -3.95. The minimum Gasteiger partial charge on any atom is -0.496 e. The molecule has 0 saturated heterocycles. The largest absolute Gasteiger partial charge is 0.496 e. The molecule has 0 fully saturated rings. The highest BCUT2D eigenvalue weighted by Crippen LogP contribution is 2.24. The Morgan fingerprint density at radius 1 is 1.03 bits per heavy atom. The number of hydrazone groups is 1. The van der Waals surface area contributed by atoms with Gasteiger partial charge in [0.05, 0.1) is 23.9 Å². The molecule has 0 bridgehead atoms. The van der Waals surface area contributed by atoms with Crippen molar-refractivity contribution in [2.75, 3.05) is 18.0 Å². The molecule has 0 aliphatic heterocycles. The molecule has 0 saturated carbocycles. The van der Waals surface area contributed by atoms with E-state index >= 15 is 0 Å². The van der Waals surface area contributed by atoms with E-state index in [9.17, 15) is 13.2 Å². The van der Waals surface area contributed by atoms with Gasteiger partial charge in [0.25, 0.3) is 15.9 Å². The summed E-state index contributed by atoms with van der Waals surface area (Å²) in [7, 11) is -2.41. The fourth-order valence-electron chi connectivity index (χ4n) is 2.93. The van der Waals surface area contributed by atoms with Gasteiger partial charge in [0.15, 0.2) is 0 Å². The molecule has 0 unspecified atom stereocenters. The maximum absolute atomic E-state index is 13.2. The number of rotatable bonds is 8. The average Bonchev–Trinajstić information content (AvgIpc) is 2.78. The monoisotopic (exact) mass is 437 g/mol. The van der Waals surface area contributed by atoms with E-state index in [1.54, 1.807) is 55.6 Å². The number of ether oxygens (including phenoxy) is 1. The van der Waals surface area contributed by atoms with Gasteiger partial charge in [-0.1, -0.05) is 42.5 Å². The summed E-state index contributed by atoms with van der Waals surface area (Å²) in [6.07, 6.45) is 1.44. The highest BCUT2D eigenvalue weighted by Gasteiger charge is 2.27. The average molecular weight is 438 g/mol. The number of carbonyl (C=O) groups is 1. The number of para-hydroxylation sites is 1. The van der Waals surface area contributed by atoms with E-state index in [4.69, 9.17) is 4.74 Å². The molecule has 1 N–H and O–H groups in total. The summed E-state index contributed by atoms with van der Waals surface area (Å²) in [6, 6.07) is 22.2. The third-order valence-electron chi connectivity index (χ3n) is 4.44. The number of aryl methyl sites for hydroxylation is 1. The lowest BCUT2D eigenvalue weighted by Gasteiger charge is -2.24. The Labute approximate surface area is 182 Å². The van der Waals surface area contributed by atoms with Crippen LogP contribution in [0.15, 0.2) is 88.9 Å². The Morgan fingerprint density at radius 2 is 1.74 bits per heavy atom. The van der Waals surface area contributed by atoms with Crippen molar-refractivity contribution in [1.29, 1.82) is 0 Å². The van der Waals surface area contributed by atoms with E-state index in [0.717, 1.165) is 9.87 Å². The Balaban J connectivity index is 1.83. The molecule has 0 radical (unpaired) electrons. The van der Waals surface area contributed by atoms with Crippen molar-refractivity contribution in [2.24, 2.45) is 5.10 Å². The van der Waals surface area contributed by atoms with Gasteiger partial charge in [0.1, 0.15) is 12.3 Å². The normalized spacial score (nSPS) is 11.3. The van der Waals surface area contributed by atoms with Gasteiger partial charge < -0.3 is 4.74 Å². The summed E-state index contributed by atoms with van der Waals surface area (Å²) in [5.74, 6) is 0.0284. The molecule has 3 rings (SSSR count). The number of sulfonamides is 1. The third-order valence-corrected chi connectivity index (χ3v) is 6.23. The predicted octanol–water partition coefficient (Wildman–Crippen LogP) is 3.35. The molecule has 0 atom stereocenters. The Hall–Kier alpha value is -3.65. The van der Waals surface area contributed by atoms with Gasteiger partial charge in [-0.15, -0.1) is 0 Å². The first-order valence-electron chi connectivity index (χ1n) is 9.51. The molecule has 1 amide bonds. The van der Waals surface area contributed by atoms with Crippen molar-refractivity contribution in [1.82, 2.24) is 5.43 Å². The smallest absolute Gasteiger partial charge is 0.264 e. The van der Waals surface area contributed by atoms with E-state index in [-0.39, 0.29) is 4.90 Å². The third kappa shape index (κ3) is 5.49. The van der Waals surface area contributed by atoms with Gasteiger partial charge in [-0.25, -0.2) is 13.8 Å². The van der Waals surface area contributed by atoms with Crippen molar-refractivity contribution in [3.05, 3.63) is 90.0 Å². The van der Waals surface area contributed by atoms with Crippen LogP contribution in [-0.2, 0) is 14.8 Å². The molecule has 0 aliphatic rings. The van der Waals surface area contributed by atoms with Crippen LogP contribution >= 0.6 is 0 Å². The zero-order valence-corrected chi connectivity index (χ0v) is 18.0. The number of benzene rings is 3. The van der Waals surface area contributed by atoms with E-state index in [1.807, 2.05) is 25.1 Å². The minimum absolute atomic E-state index is 0.0989. The van der Waals surface area contributed by atoms with Crippen LogP contribution in [-0.4, -0.2) is 34.2 Å². The van der Waals surface area contributed by atoms with Crippen LogP contribution in [0.25, 0.3) is 0 Å².